The summed E-state index contributed by atoms with van der Waals surface area (Å²) in [6.45, 7) is 0. The molecule has 66 valence electrons. The van der Waals surface area contributed by atoms with Gasteiger partial charge in [0.05, 0.1) is 15.7 Å². The van der Waals surface area contributed by atoms with Gasteiger partial charge in [0.25, 0.3) is 0 Å². The van der Waals surface area contributed by atoms with E-state index in [9.17, 15) is 4.79 Å². The highest BCUT2D eigenvalue weighted by Gasteiger charge is 2.18. The van der Waals surface area contributed by atoms with E-state index in [1.807, 2.05) is 0 Å². The minimum absolute atomic E-state index is 0.0311. The first-order chi connectivity index (χ1) is 6.20. The highest BCUT2D eigenvalue weighted by Crippen LogP contribution is 2.37. The Kier molecular flexibility index (Phi) is 2.10. The Labute approximate surface area is 85.2 Å². The monoisotopic (exact) mass is 213 g/mol. The molecule has 0 fully saturated rings. The van der Waals surface area contributed by atoms with Crippen molar-refractivity contribution in [3.8, 4) is 0 Å². The molecule has 2 rings (SSSR count). The second-order valence-corrected chi connectivity index (χ2v) is 3.48. The summed E-state index contributed by atoms with van der Waals surface area (Å²) in [7, 11) is 0. The molecule has 0 amide bonds. The standard InChI is InChI=1S/C9H5Cl2NO/c10-6-2-1-5-7(13)3-4-12-9(5)8(6)11/h1-2,4H,3H2. The lowest BCUT2D eigenvalue weighted by Crippen LogP contribution is -2.04. The number of aliphatic imine (C=N–C) groups is 1. The Morgan fingerprint density at radius 1 is 1.31 bits per heavy atom. The molecule has 2 nitrogen and oxygen atoms in total. The number of halogens is 2. The van der Waals surface area contributed by atoms with Crippen molar-refractivity contribution in [2.24, 2.45) is 4.99 Å². The van der Waals surface area contributed by atoms with Crippen molar-refractivity contribution in [1.29, 1.82) is 0 Å². The highest BCUT2D eigenvalue weighted by atomic mass is 35.5. The molecule has 0 aliphatic carbocycles. The van der Waals surface area contributed by atoms with Gasteiger partial charge in [-0.3, -0.25) is 9.79 Å². The summed E-state index contributed by atoms with van der Waals surface area (Å²) in [5.41, 5.74) is 1.04. The lowest BCUT2D eigenvalue weighted by molar-refractivity contribution is 0.100. The molecule has 0 spiro atoms. The number of fused-ring (bicyclic) bond motifs is 1. The molecule has 0 saturated heterocycles. The van der Waals surface area contributed by atoms with E-state index >= 15 is 0 Å². The van der Waals surface area contributed by atoms with Crippen molar-refractivity contribution >= 4 is 40.9 Å². The van der Waals surface area contributed by atoms with Crippen LogP contribution < -0.4 is 0 Å². The topological polar surface area (TPSA) is 29.4 Å². The van der Waals surface area contributed by atoms with Crippen LogP contribution in [0.2, 0.25) is 10.0 Å². The maximum atomic E-state index is 11.4. The van der Waals surface area contributed by atoms with Crippen LogP contribution in [0.1, 0.15) is 16.8 Å². The summed E-state index contributed by atoms with van der Waals surface area (Å²) < 4.78 is 0. The summed E-state index contributed by atoms with van der Waals surface area (Å²) in [4.78, 5) is 15.4. The first-order valence-electron chi connectivity index (χ1n) is 3.74. The van der Waals surface area contributed by atoms with Crippen molar-refractivity contribution in [3.05, 3.63) is 27.7 Å². The number of hydrogen-bond acceptors (Lipinski definition) is 2. The second-order valence-electron chi connectivity index (χ2n) is 2.70. The van der Waals surface area contributed by atoms with Crippen molar-refractivity contribution in [2.45, 2.75) is 6.42 Å². The van der Waals surface area contributed by atoms with Crippen LogP contribution in [0.3, 0.4) is 0 Å². The van der Waals surface area contributed by atoms with Gasteiger partial charge in [0.15, 0.2) is 5.78 Å². The van der Waals surface area contributed by atoms with Crippen LogP contribution in [0.15, 0.2) is 17.1 Å². The van der Waals surface area contributed by atoms with E-state index < -0.39 is 0 Å². The molecule has 0 saturated carbocycles. The molecule has 13 heavy (non-hydrogen) atoms. The summed E-state index contributed by atoms with van der Waals surface area (Å²) >= 11 is 11.7. The quantitative estimate of drug-likeness (QED) is 0.651. The Morgan fingerprint density at radius 3 is 2.85 bits per heavy atom. The fourth-order valence-corrected chi connectivity index (χ4v) is 1.59. The van der Waals surface area contributed by atoms with Crippen LogP contribution in [0.4, 0.5) is 5.69 Å². The fraction of sp³-hybridized carbons (Fsp3) is 0.111. The molecule has 0 radical (unpaired) electrons. The molecule has 1 aliphatic heterocycles. The number of carbonyl (C=O) groups excluding carboxylic acids is 1. The molecule has 1 heterocycles. The molecule has 0 bridgehead atoms. The van der Waals surface area contributed by atoms with Gasteiger partial charge in [-0.25, -0.2) is 0 Å². The normalized spacial score (nSPS) is 14.5. The number of ketones is 1. The second kappa shape index (κ2) is 3.13. The predicted octanol–water partition coefficient (Wildman–Crippen LogP) is 3.28. The van der Waals surface area contributed by atoms with Gasteiger partial charge >= 0.3 is 0 Å². The summed E-state index contributed by atoms with van der Waals surface area (Å²) in [5.74, 6) is 0.0311. The van der Waals surface area contributed by atoms with Crippen molar-refractivity contribution in [2.75, 3.05) is 0 Å². The largest absolute Gasteiger partial charge is 0.294 e. The molecule has 1 aromatic rings. The van der Waals surface area contributed by atoms with Crippen LogP contribution in [0.5, 0.6) is 0 Å². The smallest absolute Gasteiger partial charge is 0.170 e. The van der Waals surface area contributed by atoms with E-state index in [-0.39, 0.29) is 5.78 Å². The zero-order chi connectivity index (χ0) is 9.42. The maximum Gasteiger partial charge on any atom is 0.170 e. The number of hydrogen-bond donors (Lipinski definition) is 0. The van der Waals surface area contributed by atoms with E-state index in [1.54, 1.807) is 18.3 Å². The number of carbonyl (C=O) groups is 1. The van der Waals surface area contributed by atoms with Crippen molar-refractivity contribution < 1.29 is 4.79 Å². The first kappa shape index (κ1) is 8.73. The van der Waals surface area contributed by atoms with E-state index in [0.29, 0.717) is 27.7 Å². The number of rotatable bonds is 0. The van der Waals surface area contributed by atoms with Crippen LogP contribution in [0.25, 0.3) is 0 Å². The van der Waals surface area contributed by atoms with Crippen LogP contribution in [0, 0.1) is 0 Å². The van der Waals surface area contributed by atoms with E-state index in [0.717, 1.165) is 0 Å². The summed E-state index contributed by atoms with van der Waals surface area (Å²) in [5, 5.41) is 0.774. The lowest BCUT2D eigenvalue weighted by Gasteiger charge is -2.10. The van der Waals surface area contributed by atoms with Gasteiger partial charge in [-0.2, -0.15) is 0 Å². The minimum Gasteiger partial charge on any atom is -0.294 e. The molecule has 0 aromatic heterocycles. The average Bonchev–Trinajstić information content (AvgIpc) is 2.12. The van der Waals surface area contributed by atoms with Crippen molar-refractivity contribution in [3.63, 3.8) is 0 Å². The third kappa shape index (κ3) is 1.36. The Bertz CT molecular complexity index is 412. The SMILES string of the molecule is O=C1CC=Nc2c1ccc(Cl)c2Cl. The Hall–Kier alpha value is -0.860. The van der Waals surface area contributed by atoms with E-state index in [2.05, 4.69) is 4.99 Å². The predicted molar refractivity (Wildman–Crippen MR) is 53.6 cm³/mol. The molecular weight excluding hydrogens is 209 g/mol. The van der Waals surface area contributed by atoms with Gasteiger partial charge in [-0.15, -0.1) is 0 Å². The van der Waals surface area contributed by atoms with Crippen LogP contribution in [-0.2, 0) is 0 Å². The summed E-state index contributed by atoms with van der Waals surface area (Å²) in [6, 6.07) is 3.27. The lowest BCUT2D eigenvalue weighted by atomic mass is 10.0. The molecule has 0 unspecified atom stereocenters. The van der Waals surface area contributed by atoms with E-state index in [1.165, 1.54) is 0 Å². The first-order valence-corrected chi connectivity index (χ1v) is 4.49. The highest BCUT2D eigenvalue weighted by molar-refractivity contribution is 6.44. The average molecular weight is 214 g/mol. The molecule has 4 heteroatoms. The molecule has 0 N–H and O–H groups in total. The van der Waals surface area contributed by atoms with Crippen LogP contribution in [-0.4, -0.2) is 12.0 Å². The number of nitrogens with zero attached hydrogens (tertiary/aromatic N) is 1. The number of benzene rings is 1. The van der Waals surface area contributed by atoms with Gasteiger partial charge in [0.1, 0.15) is 0 Å². The molecule has 1 aromatic carbocycles. The van der Waals surface area contributed by atoms with Gasteiger partial charge in [0, 0.05) is 18.2 Å². The number of Topliss-reactive ketones (excluding diaryl/α,β-unsaturated/α-hetero) is 1. The zero-order valence-electron chi connectivity index (χ0n) is 6.55. The van der Waals surface area contributed by atoms with Gasteiger partial charge < -0.3 is 0 Å². The summed E-state index contributed by atoms with van der Waals surface area (Å²) in [6.07, 6.45) is 1.89. The zero-order valence-corrected chi connectivity index (χ0v) is 8.06. The van der Waals surface area contributed by atoms with Gasteiger partial charge in [-0.1, -0.05) is 23.2 Å². The maximum absolute atomic E-state index is 11.4. The third-order valence-electron chi connectivity index (χ3n) is 1.87. The van der Waals surface area contributed by atoms with Crippen molar-refractivity contribution in [1.82, 2.24) is 0 Å². The van der Waals surface area contributed by atoms with Gasteiger partial charge in [-0.05, 0) is 12.1 Å². The van der Waals surface area contributed by atoms with Gasteiger partial charge in [0.2, 0.25) is 0 Å². The molecule has 1 aliphatic rings. The Balaban J connectivity index is 2.72. The third-order valence-corrected chi connectivity index (χ3v) is 2.66. The molecular formula is C9H5Cl2NO. The molecule has 0 atom stereocenters. The van der Waals surface area contributed by atoms with E-state index in [4.69, 9.17) is 23.2 Å². The Morgan fingerprint density at radius 2 is 2.08 bits per heavy atom. The fourth-order valence-electron chi connectivity index (χ4n) is 1.22. The minimum atomic E-state index is 0.0311. The van der Waals surface area contributed by atoms with Crippen LogP contribution >= 0.6 is 23.2 Å².